The van der Waals surface area contributed by atoms with Gasteiger partial charge in [0.05, 0.1) is 13.0 Å². The summed E-state index contributed by atoms with van der Waals surface area (Å²) in [5.41, 5.74) is 1.15. The van der Waals surface area contributed by atoms with Gasteiger partial charge < -0.3 is 15.4 Å². The fourth-order valence-electron chi connectivity index (χ4n) is 2.48. The first-order valence-corrected chi connectivity index (χ1v) is 8.17. The normalized spacial score (nSPS) is 13.9. The highest BCUT2D eigenvalue weighted by molar-refractivity contribution is 7.08. The van der Waals surface area contributed by atoms with Gasteiger partial charge in [-0.1, -0.05) is 0 Å². The number of amides is 1. The Balaban J connectivity index is 1.65. The number of H-pyrrole nitrogens is 1. The lowest BCUT2D eigenvalue weighted by atomic mass is 9.99. The van der Waals surface area contributed by atoms with E-state index in [0.717, 1.165) is 16.5 Å². The van der Waals surface area contributed by atoms with Crippen LogP contribution in [0.1, 0.15) is 18.1 Å². The topological polar surface area (TPSA) is 65.1 Å². The lowest BCUT2D eigenvalue weighted by molar-refractivity contribution is -0.121. The van der Waals surface area contributed by atoms with E-state index < -0.39 is 5.60 Å². The minimum Gasteiger partial charge on any atom is -0.384 e. The van der Waals surface area contributed by atoms with Crippen LogP contribution in [0.4, 0.5) is 4.39 Å². The van der Waals surface area contributed by atoms with E-state index in [4.69, 9.17) is 0 Å². The number of rotatable bonds is 5. The van der Waals surface area contributed by atoms with Crippen molar-refractivity contribution in [1.82, 2.24) is 10.3 Å². The molecule has 0 saturated carbocycles. The van der Waals surface area contributed by atoms with Crippen molar-refractivity contribution in [1.29, 1.82) is 0 Å². The third-order valence-corrected chi connectivity index (χ3v) is 4.54. The van der Waals surface area contributed by atoms with E-state index in [0.29, 0.717) is 5.52 Å². The molecule has 2 heterocycles. The third kappa shape index (κ3) is 3.43. The van der Waals surface area contributed by atoms with Crippen molar-refractivity contribution in [2.75, 3.05) is 6.54 Å². The van der Waals surface area contributed by atoms with Gasteiger partial charge in [0, 0.05) is 17.1 Å². The Labute approximate surface area is 137 Å². The van der Waals surface area contributed by atoms with Gasteiger partial charge in [-0.15, -0.1) is 0 Å². The fraction of sp³-hybridized carbons (Fsp3) is 0.235. The molecule has 1 unspecified atom stereocenters. The number of hydrogen-bond acceptors (Lipinski definition) is 3. The van der Waals surface area contributed by atoms with E-state index in [9.17, 15) is 14.3 Å². The number of nitrogens with one attached hydrogen (secondary N) is 2. The van der Waals surface area contributed by atoms with Crippen molar-refractivity contribution >= 4 is 28.1 Å². The fourth-order valence-corrected chi connectivity index (χ4v) is 3.27. The molecule has 120 valence electrons. The van der Waals surface area contributed by atoms with Gasteiger partial charge in [0.25, 0.3) is 0 Å². The SMILES string of the molecule is CC(O)(CNC(=O)Cc1c[nH]c2cc(F)ccc12)c1ccsc1. The molecule has 0 aliphatic carbocycles. The van der Waals surface area contributed by atoms with Crippen LogP contribution in [0.25, 0.3) is 10.9 Å². The molecule has 0 bridgehead atoms. The van der Waals surface area contributed by atoms with Crippen LogP contribution in [0.2, 0.25) is 0 Å². The maximum Gasteiger partial charge on any atom is 0.224 e. The Morgan fingerprint density at radius 3 is 3.00 bits per heavy atom. The Morgan fingerprint density at radius 2 is 2.26 bits per heavy atom. The van der Waals surface area contributed by atoms with Crippen molar-refractivity contribution in [2.24, 2.45) is 0 Å². The largest absolute Gasteiger partial charge is 0.384 e. The van der Waals surface area contributed by atoms with Crippen LogP contribution < -0.4 is 5.32 Å². The molecule has 1 aromatic carbocycles. The summed E-state index contributed by atoms with van der Waals surface area (Å²) >= 11 is 1.50. The van der Waals surface area contributed by atoms with Crippen molar-refractivity contribution in [3.63, 3.8) is 0 Å². The van der Waals surface area contributed by atoms with Crippen LogP contribution in [-0.4, -0.2) is 22.5 Å². The van der Waals surface area contributed by atoms with Crippen LogP contribution in [-0.2, 0) is 16.8 Å². The zero-order valence-corrected chi connectivity index (χ0v) is 13.4. The number of halogens is 1. The summed E-state index contributed by atoms with van der Waals surface area (Å²) in [5.74, 6) is -0.507. The summed E-state index contributed by atoms with van der Waals surface area (Å²) in [4.78, 5) is 15.1. The number of thiophene rings is 1. The van der Waals surface area contributed by atoms with Crippen molar-refractivity contribution < 1.29 is 14.3 Å². The van der Waals surface area contributed by atoms with Gasteiger partial charge in [-0.05, 0) is 53.1 Å². The maximum atomic E-state index is 13.2. The van der Waals surface area contributed by atoms with Crippen LogP contribution >= 0.6 is 11.3 Å². The Bertz CT molecular complexity index is 824. The number of fused-ring (bicyclic) bond motifs is 1. The molecule has 6 heteroatoms. The van der Waals surface area contributed by atoms with Crippen LogP contribution in [0.15, 0.2) is 41.2 Å². The molecule has 0 aliphatic heterocycles. The summed E-state index contributed by atoms with van der Waals surface area (Å²) in [6.07, 6.45) is 1.88. The van der Waals surface area contributed by atoms with Crippen LogP contribution in [0.5, 0.6) is 0 Å². The second-order valence-electron chi connectivity index (χ2n) is 5.74. The summed E-state index contributed by atoms with van der Waals surface area (Å²) in [6.45, 7) is 1.81. The average Bonchev–Trinajstić information content (AvgIpc) is 3.16. The quantitative estimate of drug-likeness (QED) is 0.672. The molecular formula is C17H17FN2O2S. The molecule has 3 N–H and O–H groups in total. The lowest BCUT2D eigenvalue weighted by Crippen LogP contribution is -2.39. The standard InChI is InChI=1S/C17H17FN2O2S/c1-17(22,12-4-5-23-9-12)10-20-16(21)6-11-8-19-15-7-13(18)2-3-14(11)15/h2-5,7-9,19,22H,6,10H2,1H3,(H,20,21). The van der Waals surface area contributed by atoms with Gasteiger partial charge in [-0.3, -0.25) is 4.79 Å². The van der Waals surface area contributed by atoms with E-state index in [1.807, 2.05) is 16.8 Å². The predicted molar refractivity (Wildman–Crippen MR) is 88.9 cm³/mol. The number of aliphatic hydroxyl groups is 1. The van der Waals surface area contributed by atoms with Crippen molar-refractivity contribution in [2.45, 2.75) is 18.9 Å². The smallest absolute Gasteiger partial charge is 0.224 e. The highest BCUT2D eigenvalue weighted by Gasteiger charge is 2.24. The Kier molecular flexibility index (Phi) is 4.19. The number of hydrogen-bond donors (Lipinski definition) is 3. The molecule has 0 spiro atoms. The van der Waals surface area contributed by atoms with Crippen LogP contribution in [0.3, 0.4) is 0 Å². The molecule has 0 radical (unpaired) electrons. The van der Waals surface area contributed by atoms with Gasteiger partial charge in [0.1, 0.15) is 11.4 Å². The molecule has 0 saturated heterocycles. The second-order valence-corrected chi connectivity index (χ2v) is 6.52. The first-order chi connectivity index (χ1) is 11.0. The minimum absolute atomic E-state index is 0.138. The van der Waals surface area contributed by atoms with Crippen molar-refractivity contribution in [3.05, 3.63) is 58.2 Å². The van der Waals surface area contributed by atoms with E-state index in [1.165, 1.54) is 23.5 Å². The molecule has 1 amide bonds. The van der Waals surface area contributed by atoms with E-state index in [-0.39, 0.29) is 24.7 Å². The molecule has 4 nitrogen and oxygen atoms in total. The summed E-state index contributed by atoms with van der Waals surface area (Å²) < 4.78 is 13.2. The first-order valence-electron chi connectivity index (χ1n) is 7.23. The van der Waals surface area contributed by atoms with Gasteiger partial charge in [0.15, 0.2) is 0 Å². The minimum atomic E-state index is -1.10. The molecule has 1 atom stereocenters. The first kappa shape index (κ1) is 15.7. The van der Waals surface area contributed by atoms with Crippen molar-refractivity contribution in [3.8, 4) is 0 Å². The van der Waals surface area contributed by atoms with E-state index >= 15 is 0 Å². The Hall–Kier alpha value is -2.18. The molecule has 2 aromatic heterocycles. The number of carbonyl (C=O) groups is 1. The van der Waals surface area contributed by atoms with Gasteiger partial charge in [-0.25, -0.2) is 4.39 Å². The van der Waals surface area contributed by atoms with Gasteiger partial charge in [-0.2, -0.15) is 11.3 Å². The number of benzene rings is 1. The molecule has 23 heavy (non-hydrogen) atoms. The number of aromatic amines is 1. The number of carbonyl (C=O) groups excluding carboxylic acids is 1. The zero-order chi connectivity index (χ0) is 16.4. The molecule has 3 aromatic rings. The monoisotopic (exact) mass is 332 g/mol. The lowest BCUT2D eigenvalue weighted by Gasteiger charge is -2.22. The molecule has 0 aliphatic rings. The van der Waals surface area contributed by atoms with Gasteiger partial charge >= 0.3 is 0 Å². The van der Waals surface area contributed by atoms with Crippen LogP contribution in [0, 0.1) is 5.82 Å². The predicted octanol–water partition coefficient (Wildman–Crippen LogP) is 2.93. The van der Waals surface area contributed by atoms with E-state index in [2.05, 4.69) is 10.3 Å². The zero-order valence-electron chi connectivity index (χ0n) is 12.6. The molecule has 3 rings (SSSR count). The third-order valence-electron chi connectivity index (χ3n) is 3.85. The second kappa shape index (κ2) is 6.14. The highest BCUT2D eigenvalue weighted by Crippen LogP contribution is 2.22. The number of aromatic nitrogens is 1. The average molecular weight is 332 g/mol. The maximum absolute atomic E-state index is 13.2. The molecule has 0 fully saturated rings. The summed E-state index contributed by atoms with van der Waals surface area (Å²) in [7, 11) is 0. The van der Waals surface area contributed by atoms with Gasteiger partial charge in [0.2, 0.25) is 5.91 Å². The van der Waals surface area contributed by atoms with E-state index in [1.54, 1.807) is 19.2 Å². The highest BCUT2D eigenvalue weighted by atomic mass is 32.1. The Morgan fingerprint density at radius 1 is 1.43 bits per heavy atom. The summed E-state index contributed by atoms with van der Waals surface area (Å²) in [6, 6.07) is 6.27. The summed E-state index contributed by atoms with van der Waals surface area (Å²) in [5, 5.41) is 17.7. The molecular weight excluding hydrogens is 315 g/mol.